The zero-order valence-electron chi connectivity index (χ0n) is 15.6. The summed E-state index contributed by atoms with van der Waals surface area (Å²) in [4.78, 5) is 17.0. The Labute approximate surface area is 166 Å². The Bertz CT molecular complexity index is 1120. The third-order valence-corrected chi connectivity index (χ3v) is 5.24. The maximum atomic E-state index is 12.5. The van der Waals surface area contributed by atoms with Crippen LogP contribution >= 0.6 is 11.3 Å². The number of nitrogens with one attached hydrogen (secondary N) is 1. The Balaban J connectivity index is 1.44. The van der Waals surface area contributed by atoms with Gasteiger partial charge in [-0.1, -0.05) is 47.7 Å². The maximum absolute atomic E-state index is 12.5. The highest BCUT2D eigenvalue weighted by Crippen LogP contribution is 2.26. The third-order valence-electron chi connectivity index (χ3n) is 4.49. The summed E-state index contributed by atoms with van der Waals surface area (Å²) in [6.45, 7) is 4.72. The number of hydrogen-bond donors (Lipinski definition) is 1. The summed E-state index contributed by atoms with van der Waals surface area (Å²) in [6, 6.07) is 16.1. The first-order valence-electron chi connectivity index (χ1n) is 8.87. The molecular formula is C21H19N5OS. The Morgan fingerprint density at radius 1 is 1.11 bits per heavy atom. The van der Waals surface area contributed by atoms with Gasteiger partial charge in [0.1, 0.15) is 0 Å². The van der Waals surface area contributed by atoms with Crippen LogP contribution in [0.5, 0.6) is 0 Å². The van der Waals surface area contributed by atoms with Crippen LogP contribution in [-0.4, -0.2) is 25.9 Å². The number of aryl methyl sites for hydroxylation is 2. The Kier molecular flexibility index (Phi) is 4.99. The van der Waals surface area contributed by atoms with E-state index in [1.807, 2.05) is 41.8 Å². The molecule has 0 bridgehead atoms. The molecule has 1 amide bonds. The quantitative estimate of drug-likeness (QED) is 0.552. The van der Waals surface area contributed by atoms with Gasteiger partial charge >= 0.3 is 0 Å². The van der Waals surface area contributed by atoms with Crippen LogP contribution in [0, 0.1) is 13.8 Å². The van der Waals surface area contributed by atoms with E-state index in [0.29, 0.717) is 11.7 Å². The second kappa shape index (κ2) is 7.74. The largest absolute Gasteiger partial charge is 0.296 e. The van der Waals surface area contributed by atoms with Crippen molar-refractivity contribution in [2.45, 2.75) is 20.4 Å². The molecule has 0 aliphatic rings. The number of carbonyl (C=O) groups is 1. The van der Waals surface area contributed by atoms with Crippen molar-refractivity contribution in [1.82, 2.24) is 20.0 Å². The van der Waals surface area contributed by atoms with Crippen molar-refractivity contribution in [2.24, 2.45) is 0 Å². The minimum atomic E-state index is -0.319. The predicted molar refractivity (Wildman–Crippen MR) is 111 cm³/mol. The van der Waals surface area contributed by atoms with Gasteiger partial charge in [0.05, 0.1) is 18.4 Å². The number of thiazole rings is 1. The standard InChI is InChI=1S/C21H19N5OS/c1-14-8-9-17(10-15(14)2)19-13-28-21(22-19)23-20(27)18-12-26(25-24-18)11-16-6-4-3-5-7-16/h3-10,12-13H,11H2,1-2H3,(H,22,23,27). The zero-order chi connectivity index (χ0) is 19.5. The van der Waals surface area contributed by atoms with Crippen molar-refractivity contribution >= 4 is 22.4 Å². The highest BCUT2D eigenvalue weighted by Gasteiger charge is 2.14. The van der Waals surface area contributed by atoms with Gasteiger partial charge < -0.3 is 0 Å². The Hall–Kier alpha value is -3.32. The molecule has 1 N–H and O–H groups in total. The monoisotopic (exact) mass is 389 g/mol. The smallest absolute Gasteiger partial charge is 0.279 e. The van der Waals surface area contributed by atoms with E-state index < -0.39 is 0 Å². The van der Waals surface area contributed by atoms with Gasteiger partial charge in [-0.2, -0.15) is 0 Å². The van der Waals surface area contributed by atoms with Crippen molar-refractivity contribution in [3.63, 3.8) is 0 Å². The molecular weight excluding hydrogens is 370 g/mol. The Morgan fingerprint density at radius 3 is 2.71 bits per heavy atom. The van der Waals surface area contributed by atoms with Crippen LogP contribution in [0.2, 0.25) is 0 Å². The van der Waals surface area contributed by atoms with E-state index in [2.05, 4.69) is 46.6 Å². The number of aromatic nitrogens is 4. The van der Waals surface area contributed by atoms with Crippen LogP contribution in [0.15, 0.2) is 60.1 Å². The lowest BCUT2D eigenvalue weighted by atomic mass is 10.1. The Morgan fingerprint density at radius 2 is 1.93 bits per heavy atom. The van der Waals surface area contributed by atoms with Gasteiger partial charge in [0.25, 0.3) is 5.91 Å². The minimum absolute atomic E-state index is 0.263. The number of nitrogens with zero attached hydrogens (tertiary/aromatic N) is 4. The van der Waals surface area contributed by atoms with Crippen LogP contribution in [0.4, 0.5) is 5.13 Å². The fourth-order valence-corrected chi connectivity index (χ4v) is 3.49. The molecule has 4 rings (SSSR count). The number of amides is 1. The molecule has 4 aromatic rings. The molecule has 0 fully saturated rings. The molecule has 0 saturated carbocycles. The molecule has 0 unspecified atom stereocenters. The highest BCUT2D eigenvalue weighted by atomic mass is 32.1. The van der Waals surface area contributed by atoms with Crippen molar-refractivity contribution in [3.8, 4) is 11.3 Å². The van der Waals surface area contributed by atoms with Gasteiger partial charge in [0.2, 0.25) is 0 Å². The topological polar surface area (TPSA) is 72.7 Å². The maximum Gasteiger partial charge on any atom is 0.279 e. The van der Waals surface area contributed by atoms with E-state index in [0.717, 1.165) is 16.8 Å². The van der Waals surface area contributed by atoms with Gasteiger partial charge in [0, 0.05) is 10.9 Å². The van der Waals surface area contributed by atoms with Crippen molar-refractivity contribution < 1.29 is 4.79 Å². The van der Waals surface area contributed by atoms with E-state index in [4.69, 9.17) is 0 Å². The van der Waals surface area contributed by atoms with Crippen LogP contribution in [0.3, 0.4) is 0 Å². The van der Waals surface area contributed by atoms with Crippen molar-refractivity contribution in [2.75, 3.05) is 5.32 Å². The number of carbonyl (C=O) groups excluding carboxylic acids is 1. The number of hydrogen-bond acceptors (Lipinski definition) is 5. The lowest BCUT2D eigenvalue weighted by Gasteiger charge is -2.02. The zero-order valence-corrected chi connectivity index (χ0v) is 16.4. The molecule has 0 radical (unpaired) electrons. The molecule has 0 saturated heterocycles. The first-order chi connectivity index (χ1) is 13.6. The normalized spacial score (nSPS) is 10.8. The fraction of sp³-hybridized carbons (Fsp3) is 0.143. The molecule has 0 aliphatic heterocycles. The van der Waals surface area contributed by atoms with Gasteiger partial charge in [0.15, 0.2) is 10.8 Å². The minimum Gasteiger partial charge on any atom is -0.296 e. The third kappa shape index (κ3) is 3.99. The summed E-state index contributed by atoms with van der Waals surface area (Å²) in [7, 11) is 0. The van der Waals surface area contributed by atoms with Crippen LogP contribution in [0.25, 0.3) is 11.3 Å². The molecule has 0 spiro atoms. The first-order valence-corrected chi connectivity index (χ1v) is 9.75. The van der Waals surface area contributed by atoms with Gasteiger partial charge in [-0.25, -0.2) is 9.67 Å². The SMILES string of the molecule is Cc1ccc(-c2csc(NC(=O)c3cn(Cc4ccccc4)nn3)n2)cc1C. The number of benzene rings is 2. The van der Waals surface area contributed by atoms with Gasteiger partial charge in [-0.15, -0.1) is 16.4 Å². The summed E-state index contributed by atoms with van der Waals surface area (Å²) in [5.41, 5.74) is 5.69. The lowest BCUT2D eigenvalue weighted by Crippen LogP contribution is -2.12. The highest BCUT2D eigenvalue weighted by molar-refractivity contribution is 7.14. The molecule has 0 aliphatic carbocycles. The van der Waals surface area contributed by atoms with Crippen molar-refractivity contribution in [1.29, 1.82) is 0 Å². The van der Waals surface area contributed by atoms with Crippen LogP contribution in [-0.2, 0) is 6.54 Å². The first kappa shape index (κ1) is 18.1. The molecule has 2 aromatic carbocycles. The molecule has 7 heteroatoms. The van der Waals surface area contributed by atoms with Crippen LogP contribution < -0.4 is 5.32 Å². The van der Waals surface area contributed by atoms with E-state index >= 15 is 0 Å². The predicted octanol–water partition coefficient (Wildman–Crippen LogP) is 4.32. The molecule has 2 heterocycles. The summed E-state index contributed by atoms with van der Waals surface area (Å²) in [6.07, 6.45) is 1.64. The second-order valence-electron chi connectivity index (χ2n) is 6.58. The summed E-state index contributed by atoms with van der Waals surface area (Å²) in [5.74, 6) is -0.319. The molecule has 28 heavy (non-hydrogen) atoms. The van der Waals surface area contributed by atoms with Crippen LogP contribution in [0.1, 0.15) is 27.2 Å². The second-order valence-corrected chi connectivity index (χ2v) is 7.44. The van der Waals surface area contributed by atoms with Crippen molar-refractivity contribution in [3.05, 3.63) is 82.5 Å². The van der Waals surface area contributed by atoms with Gasteiger partial charge in [-0.05, 0) is 36.6 Å². The van der Waals surface area contributed by atoms with E-state index in [-0.39, 0.29) is 11.6 Å². The van der Waals surface area contributed by atoms with E-state index in [1.165, 1.54) is 22.5 Å². The average Bonchev–Trinajstić information content (AvgIpc) is 3.35. The molecule has 6 nitrogen and oxygen atoms in total. The lowest BCUT2D eigenvalue weighted by molar-refractivity contribution is 0.102. The summed E-state index contributed by atoms with van der Waals surface area (Å²) < 4.78 is 1.65. The summed E-state index contributed by atoms with van der Waals surface area (Å²) in [5, 5.41) is 13.3. The summed E-state index contributed by atoms with van der Waals surface area (Å²) >= 11 is 1.39. The van der Waals surface area contributed by atoms with E-state index in [1.54, 1.807) is 10.9 Å². The molecule has 0 atom stereocenters. The number of anilines is 1. The molecule has 2 aromatic heterocycles. The fourth-order valence-electron chi connectivity index (χ4n) is 2.78. The van der Waals surface area contributed by atoms with Gasteiger partial charge in [-0.3, -0.25) is 10.1 Å². The number of rotatable bonds is 5. The average molecular weight is 389 g/mol. The molecule has 140 valence electrons. The van der Waals surface area contributed by atoms with E-state index in [9.17, 15) is 4.79 Å².